The lowest BCUT2D eigenvalue weighted by atomic mass is 9.98. The molecule has 0 saturated heterocycles. The molecule has 4 heteroatoms. The minimum absolute atomic E-state index is 0.303. The number of ether oxygens (including phenoxy) is 2. The van der Waals surface area contributed by atoms with Crippen LogP contribution in [0.25, 0.3) is 0 Å². The van der Waals surface area contributed by atoms with Crippen molar-refractivity contribution < 1.29 is 13.9 Å². The van der Waals surface area contributed by atoms with Crippen LogP contribution in [-0.2, 0) is 0 Å². The fourth-order valence-electron chi connectivity index (χ4n) is 2.21. The number of methoxy groups -OCH3 is 2. The molecule has 0 spiro atoms. The molecule has 0 bridgehead atoms. The van der Waals surface area contributed by atoms with Crippen molar-refractivity contribution in [2.45, 2.75) is 19.9 Å². The maximum atomic E-state index is 6.33. The van der Waals surface area contributed by atoms with Crippen molar-refractivity contribution in [3.8, 4) is 11.5 Å². The van der Waals surface area contributed by atoms with Crippen molar-refractivity contribution in [3.05, 3.63) is 46.9 Å². The second-order valence-corrected chi connectivity index (χ2v) is 4.45. The van der Waals surface area contributed by atoms with Crippen LogP contribution in [0.15, 0.2) is 28.7 Å². The summed E-state index contributed by atoms with van der Waals surface area (Å²) in [7, 11) is 3.26. The van der Waals surface area contributed by atoms with Gasteiger partial charge in [-0.15, -0.1) is 0 Å². The van der Waals surface area contributed by atoms with Gasteiger partial charge in [0.25, 0.3) is 0 Å². The molecule has 0 aliphatic rings. The average Bonchev–Trinajstić information content (AvgIpc) is 2.76. The average molecular weight is 261 g/mol. The first-order valence-corrected chi connectivity index (χ1v) is 6.11. The van der Waals surface area contributed by atoms with Gasteiger partial charge in [0.15, 0.2) is 0 Å². The Morgan fingerprint density at radius 3 is 2.32 bits per heavy atom. The molecule has 0 amide bonds. The molecule has 0 aliphatic carbocycles. The van der Waals surface area contributed by atoms with Crippen molar-refractivity contribution in [2.24, 2.45) is 5.73 Å². The highest BCUT2D eigenvalue weighted by molar-refractivity contribution is 5.46. The summed E-state index contributed by atoms with van der Waals surface area (Å²) in [6, 6.07) is 7.26. The third-order valence-corrected chi connectivity index (χ3v) is 3.19. The molecule has 4 nitrogen and oxygen atoms in total. The van der Waals surface area contributed by atoms with Crippen LogP contribution in [0.4, 0.5) is 0 Å². The van der Waals surface area contributed by atoms with Gasteiger partial charge in [-0.1, -0.05) is 0 Å². The molecule has 1 atom stereocenters. The zero-order valence-corrected chi connectivity index (χ0v) is 11.7. The zero-order chi connectivity index (χ0) is 14.0. The van der Waals surface area contributed by atoms with Crippen molar-refractivity contribution in [2.75, 3.05) is 14.2 Å². The summed E-state index contributed by atoms with van der Waals surface area (Å²) in [5.41, 5.74) is 8.18. The molecule has 0 aliphatic heterocycles. The molecular formula is C15H19NO3. The quantitative estimate of drug-likeness (QED) is 0.919. The zero-order valence-electron chi connectivity index (χ0n) is 11.7. The van der Waals surface area contributed by atoms with Crippen molar-refractivity contribution in [1.29, 1.82) is 0 Å². The standard InChI is InChI=1S/C15H19NO3/c1-9-7-12(10(2)19-9)15(16)13-8-11(17-3)5-6-14(13)18-4/h5-8,15H,16H2,1-4H3. The molecule has 1 aromatic carbocycles. The number of rotatable bonds is 4. The lowest BCUT2D eigenvalue weighted by molar-refractivity contribution is 0.397. The van der Waals surface area contributed by atoms with E-state index in [9.17, 15) is 0 Å². The maximum Gasteiger partial charge on any atom is 0.124 e. The van der Waals surface area contributed by atoms with E-state index in [1.165, 1.54) is 0 Å². The topological polar surface area (TPSA) is 57.6 Å². The van der Waals surface area contributed by atoms with Gasteiger partial charge in [0.05, 0.1) is 20.3 Å². The molecule has 19 heavy (non-hydrogen) atoms. The van der Waals surface area contributed by atoms with Gasteiger partial charge in [-0.3, -0.25) is 0 Å². The normalized spacial score (nSPS) is 12.3. The van der Waals surface area contributed by atoms with Crippen LogP contribution < -0.4 is 15.2 Å². The van der Waals surface area contributed by atoms with Crippen molar-refractivity contribution in [3.63, 3.8) is 0 Å². The summed E-state index contributed by atoms with van der Waals surface area (Å²) in [5, 5.41) is 0. The predicted octanol–water partition coefficient (Wildman–Crippen LogP) is 2.96. The van der Waals surface area contributed by atoms with E-state index in [0.717, 1.165) is 34.1 Å². The summed E-state index contributed by atoms with van der Waals surface area (Å²) in [5.74, 6) is 3.18. The van der Waals surface area contributed by atoms with Gasteiger partial charge in [0, 0.05) is 11.1 Å². The van der Waals surface area contributed by atoms with Crippen LogP contribution in [0, 0.1) is 13.8 Å². The monoisotopic (exact) mass is 261 g/mol. The molecule has 1 aromatic heterocycles. The Labute approximate surface area is 113 Å². The second kappa shape index (κ2) is 5.36. The Balaban J connectivity index is 2.47. The first-order chi connectivity index (χ1) is 9.06. The number of aryl methyl sites for hydroxylation is 2. The van der Waals surface area contributed by atoms with Crippen molar-refractivity contribution in [1.82, 2.24) is 0 Å². The number of furan rings is 1. The molecule has 0 radical (unpaired) electrons. The summed E-state index contributed by atoms with van der Waals surface area (Å²) < 4.78 is 16.1. The summed E-state index contributed by atoms with van der Waals surface area (Å²) in [4.78, 5) is 0. The number of benzene rings is 1. The van der Waals surface area contributed by atoms with Crippen LogP contribution in [0.3, 0.4) is 0 Å². The fraction of sp³-hybridized carbons (Fsp3) is 0.333. The van der Waals surface area contributed by atoms with E-state index in [-0.39, 0.29) is 6.04 Å². The number of hydrogen-bond donors (Lipinski definition) is 1. The minimum atomic E-state index is -0.303. The van der Waals surface area contributed by atoms with Crippen LogP contribution in [0.5, 0.6) is 11.5 Å². The van der Waals surface area contributed by atoms with Gasteiger partial charge in [0.1, 0.15) is 23.0 Å². The first-order valence-electron chi connectivity index (χ1n) is 6.11. The van der Waals surface area contributed by atoms with Gasteiger partial charge in [0.2, 0.25) is 0 Å². The number of hydrogen-bond acceptors (Lipinski definition) is 4. The Morgan fingerprint density at radius 1 is 1.05 bits per heavy atom. The van der Waals surface area contributed by atoms with Gasteiger partial charge in [-0.25, -0.2) is 0 Å². The first kappa shape index (κ1) is 13.5. The van der Waals surface area contributed by atoms with Crippen LogP contribution in [-0.4, -0.2) is 14.2 Å². The Morgan fingerprint density at radius 2 is 1.79 bits per heavy atom. The van der Waals surface area contributed by atoms with E-state index in [1.54, 1.807) is 14.2 Å². The van der Waals surface area contributed by atoms with Gasteiger partial charge >= 0.3 is 0 Å². The lowest BCUT2D eigenvalue weighted by Gasteiger charge is -2.16. The SMILES string of the molecule is COc1ccc(OC)c(C(N)c2cc(C)oc2C)c1. The maximum absolute atomic E-state index is 6.33. The third-order valence-electron chi connectivity index (χ3n) is 3.19. The summed E-state index contributed by atoms with van der Waals surface area (Å²) >= 11 is 0. The van der Waals surface area contributed by atoms with E-state index in [1.807, 2.05) is 38.1 Å². The molecule has 2 aromatic rings. The van der Waals surface area contributed by atoms with Crippen LogP contribution >= 0.6 is 0 Å². The molecular weight excluding hydrogens is 242 g/mol. The highest BCUT2D eigenvalue weighted by Gasteiger charge is 2.19. The molecule has 1 heterocycles. The lowest BCUT2D eigenvalue weighted by Crippen LogP contribution is -2.13. The van der Waals surface area contributed by atoms with Crippen molar-refractivity contribution >= 4 is 0 Å². The largest absolute Gasteiger partial charge is 0.497 e. The molecule has 0 saturated carbocycles. The smallest absolute Gasteiger partial charge is 0.124 e. The molecule has 0 fully saturated rings. The van der Waals surface area contributed by atoms with Gasteiger partial charge in [-0.05, 0) is 38.1 Å². The summed E-state index contributed by atoms with van der Waals surface area (Å²) in [6.45, 7) is 3.82. The Kier molecular flexibility index (Phi) is 3.81. The van der Waals surface area contributed by atoms with Crippen LogP contribution in [0.2, 0.25) is 0 Å². The van der Waals surface area contributed by atoms with Gasteiger partial charge < -0.3 is 19.6 Å². The van der Waals surface area contributed by atoms with Gasteiger partial charge in [-0.2, -0.15) is 0 Å². The van der Waals surface area contributed by atoms with E-state index in [4.69, 9.17) is 19.6 Å². The second-order valence-electron chi connectivity index (χ2n) is 4.45. The third kappa shape index (κ3) is 2.58. The Hall–Kier alpha value is -1.94. The molecule has 2 N–H and O–H groups in total. The van der Waals surface area contributed by atoms with E-state index < -0.39 is 0 Å². The molecule has 1 unspecified atom stereocenters. The van der Waals surface area contributed by atoms with E-state index in [2.05, 4.69) is 0 Å². The summed E-state index contributed by atoms with van der Waals surface area (Å²) in [6.07, 6.45) is 0. The predicted molar refractivity (Wildman–Crippen MR) is 73.8 cm³/mol. The Bertz CT molecular complexity index is 575. The number of nitrogens with two attached hydrogens (primary N) is 1. The minimum Gasteiger partial charge on any atom is -0.497 e. The highest BCUT2D eigenvalue weighted by Crippen LogP contribution is 2.33. The van der Waals surface area contributed by atoms with Crippen LogP contribution in [0.1, 0.15) is 28.7 Å². The van der Waals surface area contributed by atoms with E-state index in [0.29, 0.717) is 0 Å². The van der Waals surface area contributed by atoms with E-state index >= 15 is 0 Å². The molecule has 102 valence electrons. The molecule has 2 rings (SSSR count). The fourth-order valence-corrected chi connectivity index (χ4v) is 2.21. The highest BCUT2D eigenvalue weighted by atomic mass is 16.5.